The van der Waals surface area contributed by atoms with Gasteiger partial charge in [0, 0.05) is 36.6 Å². The second-order valence-electron chi connectivity index (χ2n) is 6.72. The topological polar surface area (TPSA) is 66.0 Å². The van der Waals surface area contributed by atoms with E-state index in [-0.39, 0.29) is 17.7 Å². The second kappa shape index (κ2) is 8.01. The van der Waals surface area contributed by atoms with E-state index in [1.807, 2.05) is 54.6 Å². The van der Waals surface area contributed by atoms with E-state index in [1.165, 1.54) is 5.56 Å². The predicted octanol–water partition coefficient (Wildman–Crippen LogP) is 3.77. The number of carbonyl (C=O) groups excluding carboxylic acids is 1. The largest absolute Gasteiger partial charge is 0.354 e. The summed E-state index contributed by atoms with van der Waals surface area (Å²) < 4.78 is 0. The molecule has 1 saturated heterocycles. The zero-order valence-corrected chi connectivity index (χ0v) is 14.9. The van der Waals surface area contributed by atoms with E-state index in [1.54, 1.807) is 12.4 Å². The molecular weight excluding hydrogens is 336 g/mol. The van der Waals surface area contributed by atoms with Gasteiger partial charge in [0.05, 0.1) is 17.8 Å². The number of anilines is 3. The summed E-state index contributed by atoms with van der Waals surface area (Å²) in [6.45, 7) is 1.53. The Kier molecular flexibility index (Phi) is 5.12. The van der Waals surface area contributed by atoms with Gasteiger partial charge in [0.25, 0.3) is 0 Å². The van der Waals surface area contributed by atoms with Crippen LogP contribution in [-0.2, 0) is 4.79 Å². The van der Waals surface area contributed by atoms with Gasteiger partial charge < -0.3 is 16.0 Å². The van der Waals surface area contributed by atoms with Crippen LogP contribution in [0.5, 0.6) is 0 Å². The van der Waals surface area contributed by atoms with Crippen LogP contribution in [0.25, 0.3) is 0 Å². The molecule has 27 heavy (non-hydrogen) atoms. The molecule has 1 aliphatic heterocycles. The smallest absolute Gasteiger partial charge is 0.229 e. The molecule has 1 aromatic heterocycles. The summed E-state index contributed by atoms with van der Waals surface area (Å²) in [6, 6.07) is 21.8. The lowest BCUT2D eigenvalue weighted by Gasteiger charge is -2.18. The van der Waals surface area contributed by atoms with Crippen LogP contribution in [0.3, 0.4) is 0 Å². The minimum Gasteiger partial charge on any atom is -0.354 e. The number of nitrogens with one attached hydrogen (secondary N) is 3. The van der Waals surface area contributed by atoms with Crippen molar-refractivity contribution < 1.29 is 4.79 Å². The summed E-state index contributed by atoms with van der Waals surface area (Å²) in [5.74, 6) is 0.195. The summed E-state index contributed by atoms with van der Waals surface area (Å²) in [5, 5.41) is 9.69. The molecule has 0 unspecified atom stereocenters. The first-order valence-electron chi connectivity index (χ1n) is 9.13. The number of nitrogens with zero attached hydrogens (tertiary/aromatic N) is 1. The zero-order valence-electron chi connectivity index (χ0n) is 14.9. The molecule has 3 aromatic rings. The van der Waals surface area contributed by atoms with Crippen molar-refractivity contribution in [3.8, 4) is 0 Å². The van der Waals surface area contributed by atoms with Crippen LogP contribution in [0.2, 0.25) is 0 Å². The van der Waals surface area contributed by atoms with E-state index in [2.05, 4.69) is 33.1 Å². The molecule has 1 fully saturated rings. The van der Waals surface area contributed by atoms with Crippen LogP contribution in [0.15, 0.2) is 79.1 Å². The lowest BCUT2D eigenvalue weighted by atomic mass is 9.88. The SMILES string of the molecule is O=C(Nc1ccc(Nc2cccnc2)cc1)[C@@H]1CNC[C@H]1c1ccccc1. The van der Waals surface area contributed by atoms with Gasteiger partial charge in [-0.15, -0.1) is 0 Å². The predicted molar refractivity (Wildman–Crippen MR) is 108 cm³/mol. The molecule has 0 radical (unpaired) electrons. The highest BCUT2D eigenvalue weighted by atomic mass is 16.1. The Bertz CT molecular complexity index is 881. The number of hydrogen-bond acceptors (Lipinski definition) is 4. The van der Waals surface area contributed by atoms with Gasteiger partial charge in [0.2, 0.25) is 5.91 Å². The number of amides is 1. The van der Waals surface area contributed by atoms with Crippen molar-refractivity contribution in [2.45, 2.75) is 5.92 Å². The molecule has 0 saturated carbocycles. The number of benzene rings is 2. The van der Waals surface area contributed by atoms with Crippen molar-refractivity contribution in [1.82, 2.24) is 10.3 Å². The molecule has 4 rings (SSSR count). The minimum absolute atomic E-state index is 0.0572. The van der Waals surface area contributed by atoms with E-state index >= 15 is 0 Å². The van der Waals surface area contributed by atoms with Gasteiger partial charge in [-0.25, -0.2) is 0 Å². The normalized spacial score (nSPS) is 18.8. The van der Waals surface area contributed by atoms with Crippen LogP contribution >= 0.6 is 0 Å². The van der Waals surface area contributed by atoms with Crippen LogP contribution in [-0.4, -0.2) is 24.0 Å². The number of hydrogen-bond donors (Lipinski definition) is 3. The number of carbonyl (C=O) groups is 1. The lowest BCUT2D eigenvalue weighted by Crippen LogP contribution is -2.28. The highest BCUT2D eigenvalue weighted by Crippen LogP contribution is 2.29. The molecule has 5 nitrogen and oxygen atoms in total. The van der Waals surface area contributed by atoms with Gasteiger partial charge in [0.15, 0.2) is 0 Å². The molecule has 1 aliphatic rings. The van der Waals surface area contributed by atoms with Gasteiger partial charge in [-0.2, -0.15) is 0 Å². The van der Waals surface area contributed by atoms with E-state index < -0.39 is 0 Å². The monoisotopic (exact) mass is 358 g/mol. The summed E-state index contributed by atoms with van der Waals surface area (Å²) in [7, 11) is 0. The maximum Gasteiger partial charge on any atom is 0.229 e. The molecule has 0 aliphatic carbocycles. The fourth-order valence-corrected chi connectivity index (χ4v) is 3.48. The zero-order chi connectivity index (χ0) is 18.5. The van der Waals surface area contributed by atoms with Gasteiger partial charge in [-0.05, 0) is 42.0 Å². The molecule has 1 amide bonds. The second-order valence-corrected chi connectivity index (χ2v) is 6.72. The third-order valence-electron chi connectivity index (χ3n) is 4.88. The standard InChI is InChI=1S/C22H22N4O/c27-22(21-15-24-14-20(21)16-5-2-1-3-6-16)26-18-10-8-17(9-11-18)25-19-7-4-12-23-13-19/h1-13,20-21,24-25H,14-15H2,(H,26,27)/t20-,21+/m0/s1. The van der Waals surface area contributed by atoms with Crippen LogP contribution < -0.4 is 16.0 Å². The Labute approximate surface area is 158 Å². The van der Waals surface area contributed by atoms with Crippen molar-refractivity contribution in [2.24, 2.45) is 5.92 Å². The van der Waals surface area contributed by atoms with Crippen molar-refractivity contribution in [1.29, 1.82) is 0 Å². The number of aromatic nitrogens is 1. The Balaban J connectivity index is 1.40. The Morgan fingerprint density at radius 2 is 1.67 bits per heavy atom. The molecule has 2 aromatic carbocycles. The maximum atomic E-state index is 12.8. The first-order chi connectivity index (χ1) is 13.3. The fraction of sp³-hybridized carbons (Fsp3) is 0.182. The quantitative estimate of drug-likeness (QED) is 0.650. The Morgan fingerprint density at radius 3 is 2.41 bits per heavy atom. The van der Waals surface area contributed by atoms with Crippen molar-refractivity contribution in [3.05, 3.63) is 84.7 Å². The Morgan fingerprint density at radius 1 is 0.889 bits per heavy atom. The van der Waals surface area contributed by atoms with E-state index in [9.17, 15) is 4.79 Å². The van der Waals surface area contributed by atoms with Crippen LogP contribution in [0.4, 0.5) is 17.1 Å². The van der Waals surface area contributed by atoms with Gasteiger partial charge in [0.1, 0.15) is 0 Å². The van der Waals surface area contributed by atoms with Gasteiger partial charge in [-0.1, -0.05) is 30.3 Å². The van der Waals surface area contributed by atoms with Crippen molar-refractivity contribution >= 4 is 23.0 Å². The average molecular weight is 358 g/mol. The molecule has 0 spiro atoms. The summed E-state index contributed by atoms with van der Waals surface area (Å²) in [6.07, 6.45) is 3.51. The average Bonchev–Trinajstić information content (AvgIpc) is 3.21. The van der Waals surface area contributed by atoms with Crippen molar-refractivity contribution in [2.75, 3.05) is 23.7 Å². The highest BCUT2D eigenvalue weighted by Gasteiger charge is 2.33. The van der Waals surface area contributed by atoms with E-state index in [0.717, 1.165) is 23.6 Å². The Hall–Kier alpha value is -3.18. The molecular formula is C22H22N4O. The molecule has 136 valence electrons. The molecule has 2 atom stereocenters. The maximum absolute atomic E-state index is 12.8. The van der Waals surface area contributed by atoms with E-state index in [0.29, 0.717) is 6.54 Å². The van der Waals surface area contributed by atoms with Gasteiger partial charge in [-0.3, -0.25) is 9.78 Å². The van der Waals surface area contributed by atoms with Gasteiger partial charge >= 0.3 is 0 Å². The molecule has 0 bridgehead atoms. The first-order valence-corrected chi connectivity index (χ1v) is 9.13. The van der Waals surface area contributed by atoms with Crippen molar-refractivity contribution in [3.63, 3.8) is 0 Å². The highest BCUT2D eigenvalue weighted by molar-refractivity contribution is 5.93. The third kappa shape index (κ3) is 4.15. The number of pyridine rings is 1. The lowest BCUT2D eigenvalue weighted by molar-refractivity contribution is -0.119. The molecule has 3 N–H and O–H groups in total. The van der Waals surface area contributed by atoms with E-state index in [4.69, 9.17) is 0 Å². The number of rotatable bonds is 5. The fourth-order valence-electron chi connectivity index (χ4n) is 3.48. The summed E-state index contributed by atoms with van der Waals surface area (Å²) in [5.41, 5.74) is 3.89. The third-order valence-corrected chi connectivity index (χ3v) is 4.88. The first kappa shape index (κ1) is 17.2. The summed E-state index contributed by atoms with van der Waals surface area (Å²) in [4.78, 5) is 16.9. The molecule has 5 heteroatoms. The summed E-state index contributed by atoms with van der Waals surface area (Å²) >= 11 is 0. The van der Waals surface area contributed by atoms with Crippen LogP contribution in [0.1, 0.15) is 11.5 Å². The van der Waals surface area contributed by atoms with Crippen LogP contribution in [0, 0.1) is 5.92 Å². The molecule has 2 heterocycles. The minimum atomic E-state index is -0.0689.